The predicted molar refractivity (Wildman–Crippen MR) is 185 cm³/mol. The van der Waals surface area contributed by atoms with Gasteiger partial charge in [-0.15, -0.1) is 0 Å². The van der Waals surface area contributed by atoms with Crippen LogP contribution in [0.2, 0.25) is 5.02 Å². The van der Waals surface area contributed by atoms with Gasteiger partial charge in [0.05, 0.1) is 40.2 Å². The molecule has 0 aromatic heterocycles. The first-order chi connectivity index (χ1) is 22.7. The Balaban J connectivity index is 1.67. The second-order valence-electron chi connectivity index (χ2n) is 12.2. The number of carbonyl (C=O) groups excluding carboxylic acids is 1. The van der Waals surface area contributed by atoms with Crippen LogP contribution in [0.15, 0.2) is 82.6 Å². The molecule has 48 heavy (non-hydrogen) atoms. The number of ether oxygens (including phenoxy) is 2. The van der Waals surface area contributed by atoms with Gasteiger partial charge in [-0.05, 0) is 87.7 Å². The average Bonchev–Trinajstić information content (AvgIpc) is 3.06. The van der Waals surface area contributed by atoms with Gasteiger partial charge in [-0.2, -0.15) is 4.31 Å². The first-order valence-electron chi connectivity index (χ1n) is 15.9. The van der Waals surface area contributed by atoms with Gasteiger partial charge in [0, 0.05) is 43.4 Å². The lowest BCUT2D eigenvalue weighted by molar-refractivity contribution is -0.00833. The minimum atomic E-state index is -3.95. The average molecular weight is 722 g/mol. The van der Waals surface area contributed by atoms with Crippen LogP contribution in [0.3, 0.4) is 0 Å². The molecule has 1 aliphatic rings. The van der Waals surface area contributed by atoms with E-state index in [4.69, 9.17) is 21.1 Å². The first-order valence-corrected chi connectivity index (χ1v) is 19.2. The number of amides is 1. The highest BCUT2D eigenvalue weighted by molar-refractivity contribution is 7.92. The highest BCUT2D eigenvalue weighted by Crippen LogP contribution is 2.30. The molecule has 14 heteroatoms. The fourth-order valence-electron chi connectivity index (χ4n) is 5.40. The highest BCUT2D eigenvalue weighted by atomic mass is 35.5. The molecular weight excluding hydrogens is 678 g/mol. The van der Waals surface area contributed by atoms with Crippen molar-refractivity contribution in [1.82, 2.24) is 9.21 Å². The van der Waals surface area contributed by atoms with Crippen molar-refractivity contribution in [2.24, 2.45) is 5.92 Å². The Morgan fingerprint density at radius 2 is 1.69 bits per heavy atom. The normalized spacial score (nSPS) is 20.8. The molecule has 0 radical (unpaired) electrons. The van der Waals surface area contributed by atoms with Gasteiger partial charge in [0.2, 0.25) is 10.0 Å². The third-order valence-corrected chi connectivity index (χ3v) is 11.8. The van der Waals surface area contributed by atoms with Crippen molar-refractivity contribution in [3.8, 4) is 5.75 Å². The molecule has 4 rings (SSSR count). The second-order valence-corrected chi connectivity index (χ2v) is 16.3. The summed E-state index contributed by atoms with van der Waals surface area (Å²) in [5, 5.41) is 10.6. The Hall–Kier alpha value is -3.20. The largest absolute Gasteiger partial charge is 0.490 e. The van der Waals surface area contributed by atoms with Crippen LogP contribution in [0, 0.1) is 5.92 Å². The summed E-state index contributed by atoms with van der Waals surface area (Å²) in [4.78, 5) is 16.0. The van der Waals surface area contributed by atoms with E-state index >= 15 is 0 Å². The Morgan fingerprint density at radius 1 is 1.00 bits per heavy atom. The SMILES string of the molecule is C[C@@H]1CN([C@H](C)CO)C(=O)c2cc(NS(=O)(=O)c3ccccc3)ccc2O[C@@H](C)CCCCO[C@H]1CN(C)S(=O)(=O)c1ccc(Cl)cc1. The maximum Gasteiger partial charge on any atom is 0.261 e. The van der Waals surface area contributed by atoms with E-state index in [1.165, 1.54) is 58.7 Å². The van der Waals surface area contributed by atoms with Crippen molar-refractivity contribution in [3.63, 3.8) is 0 Å². The van der Waals surface area contributed by atoms with Crippen molar-refractivity contribution >= 4 is 43.2 Å². The quantitative estimate of drug-likeness (QED) is 0.305. The predicted octanol–water partition coefficient (Wildman–Crippen LogP) is 5.26. The number of hydrogen-bond acceptors (Lipinski definition) is 8. The fraction of sp³-hybridized carbons (Fsp3) is 0.441. The van der Waals surface area contributed by atoms with Gasteiger partial charge >= 0.3 is 0 Å². The number of rotatable bonds is 9. The van der Waals surface area contributed by atoms with Crippen molar-refractivity contribution in [1.29, 1.82) is 0 Å². The molecule has 0 bridgehead atoms. The summed E-state index contributed by atoms with van der Waals surface area (Å²) >= 11 is 5.97. The fourth-order valence-corrected chi connectivity index (χ4v) is 7.78. The Labute approximate surface area is 288 Å². The summed E-state index contributed by atoms with van der Waals surface area (Å²) in [7, 11) is -6.33. The highest BCUT2D eigenvalue weighted by Gasteiger charge is 2.32. The zero-order chi connectivity index (χ0) is 35.1. The summed E-state index contributed by atoms with van der Waals surface area (Å²) in [6.45, 7) is 5.61. The summed E-state index contributed by atoms with van der Waals surface area (Å²) in [6.07, 6.45) is 1.24. The van der Waals surface area contributed by atoms with Crippen LogP contribution < -0.4 is 9.46 Å². The van der Waals surface area contributed by atoms with E-state index in [9.17, 15) is 26.7 Å². The van der Waals surface area contributed by atoms with Crippen LogP contribution in [0.25, 0.3) is 0 Å². The van der Waals surface area contributed by atoms with Gasteiger partial charge in [-0.3, -0.25) is 9.52 Å². The van der Waals surface area contributed by atoms with Crippen LogP contribution in [0.1, 0.15) is 50.4 Å². The summed E-state index contributed by atoms with van der Waals surface area (Å²) in [6, 6.07) is 17.8. The third kappa shape index (κ3) is 9.48. The summed E-state index contributed by atoms with van der Waals surface area (Å²) in [5.41, 5.74) is 0.294. The molecule has 0 unspecified atom stereocenters. The number of benzene rings is 3. The van der Waals surface area contributed by atoms with Crippen molar-refractivity contribution in [2.75, 3.05) is 38.1 Å². The van der Waals surface area contributed by atoms with Gasteiger partial charge in [0.1, 0.15) is 5.75 Å². The molecule has 1 amide bonds. The lowest BCUT2D eigenvalue weighted by Crippen LogP contribution is -2.48. The van der Waals surface area contributed by atoms with Crippen molar-refractivity contribution in [2.45, 2.75) is 68.1 Å². The van der Waals surface area contributed by atoms with Crippen LogP contribution in [0.5, 0.6) is 5.75 Å². The number of halogens is 1. The van der Waals surface area contributed by atoms with E-state index in [0.717, 1.165) is 6.42 Å². The summed E-state index contributed by atoms with van der Waals surface area (Å²) < 4.78 is 69.3. The molecule has 4 atom stereocenters. The van der Waals surface area contributed by atoms with Crippen molar-refractivity contribution in [3.05, 3.63) is 83.4 Å². The smallest absolute Gasteiger partial charge is 0.261 e. The second kappa shape index (κ2) is 16.5. The number of aliphatic hydroxyl groups is 1. The van der Waals surface area contributed by atoms with Crippen LogP contribution in [-0.4, -0.2) is 88.7 Å². The van der Waals surface area contributed by atoms with Crippen molar-refractivity contribution < 1.29 is 36.2 Å². The van der Waals surface area contributed by atoms with Crippen LogP contribution in [0.4, 0.5) is 5.69 Å². The van der Waals surface area contributed by atoms with E-state index in [1.54, 1.807) is 37.3 Å². The monoisotopic (exact) mass is 721 g/mol. The Morgan fingerprint density at radius 3 is 2.35 bits per heavy atom. The lowest BCUT2D eigenvalue weighted by Gasteiger charge is -2.35. The number of hydrogen-bond donors (Lipinski definition) is 2. The zero-order valence-electron chi connectivity index (χ0n) is 27.6. The Bertz CT molecular complexity index is 1740. The lowest BCUT2D eigenvalue weighted by atomic mass is 10.0. The van der Waals surface area contributed by atoms with Crippen LogP contribution in [-0.2, 0) is 24.8 Å². The molecule has 3 aromatic carbocycles. The van der Waals surface area contributed by atoms with E-state index in [1.807, 2.05) is 13.8 Å². The molecule has 0 saturated carbocycles. The van der Waals surface area contributed by atoms with E-state index in [0.29, 0.717) is 24.5 Å². The van der Waals surface area contributed by atoms with E-state index in [-0.39, 0.29) is 58.5 Å². The molecular formula is C34H44ClN3O8S2. The molecule has 1 aliphatic heterocycles. The number of nitrogens with zero attached hydrogens (tertiary/aromatic N) is 2. The molecule has 262 valence electrons. The maximum atomic E-state index is 14.3. The van der Waals surface area contributed by atoms with Gasteiger partial charge in [0.15, 0.2) is 0 Å². The minimum absolute atomic E-state index is 0.0170. The molecule has 0 spiro atoms. The molecule has 0 fully saturated rings. The maximum absolute atomic E-state index is 14.3. The molecule has 0 saturated heterocycles. The number of aliphatic hydroxyl groups excluding tert-OH is 1. The molecule has 11 nitrogen and oxygen atoms in total. The first kappa shape index (κ1) is 37.6. The number of likely N-dealkylation sites (N-methyl/N-ethyl adjacent to an activating group) is 1. The van der Waals surface area contributed by atoms with E-state index in [2.05, 4.69) is 4.72 Å². The standard InChI is InChI=1S/C34H44ClN3O8S2/c1-24-21-38(25(2)23-39)34(40)31-20-28(36-47(41,42)29-11-6-5-7-12-29)15-18-32(31)46-26(3)10-8-9-19-45-33(24)22-37(4)48(43,44)30-16-13-27(35)14-17-30/h5-7,11-18,20,24-26,33,36,39H,8-10,19,21-23H2,1-4H3/t24-,25-,26+,33+/m1/s1. The molecule has 0 aliphatic carbocycles. The number of fused-ring (bicyclic) bond motifs is 1. The third-order valence-electron chi connectivity index (χ3n) is 8.32. The number of nitrogens with one attached hydrogen (secondary N) is 1. The molecule has 3 aromatic rings. The Kier molecular flexibility index (Phi) is 12.9. The molecule has 2 N–H and O–H groups in total. The zero-order valence-corrected chi connectivity index (χ0v) is 30.0. The minimum Gasteiger partial charge on any atom is -0.490 e. The topological polar surface area (TPSA) is 143 Å². The van der Waals surface area contributed by atoms with E-state index < -0.39 is 38.1 Å². The van der Waals surface area contributed by atoms with Gasteiger partial charge in [-0.25, -0.2) is 16.8 Å². The molecule has 1 heterocycles. The number of anilines is 1. The van der Waals surface area contributed by atoms with Gasteiger partial charge in [-0.1, -0.05) is 36.7 Å². The summed E-state index contributed by atoms with van der Waals surface area (Å²) in [5.74, 6) is -0.572. The van der Waals surface area contributed by atoms with Crippen LogP contribution >= 0.6 is 11.6 Å². The number of sulfonamides is 2. The van der Waals surface area contributed by atoms with Gasteiger partial charge in [0.25, 0.3) is 15.9 Å². The van der Waals surface area contributed by atoms with Gasteiger partial charge < -0.3 is 19.5 Å². The number of carbonyl (C=O) groups is 1.